The van der Waals surface area contributed by atoms with Crippen LogP contribution in [0.3, 0.4) is 0 Å². The van der Waals surface area contributed by atoms with E-state index < -0.39 is 92.5 Å². The minimum absolute atomic E-state index is 0.0277. The second kappa shape index (κ2) is 44.6. The highest BCUT2D eigenvalue weighted by Gasteiger charge is 2.57. The topological polar surface area (TPSA) is 394 Å². The molecular formula is C62H88N6O24S3. The van der Waals surface area contributed by atoms with Crippen LogP contribution in [-0.2, 0) is 121 Å². The van der Waals surface area contributed by atoms with E-state index in [1.165, 1.54) is 33.4 Å². The Morgan fingerprint density at radius 1 is 0.579 bits per heavy atom. The highest BCUT2D eigenvalue weighted by atomic mass is 33.2. The maximum absolute atomic E-state index is 13.5. The maximum atomic E-state index is 13.5. The molecule has 3 fully saturated rings. The standard InChI is InChI=1S/C62H88N6O24S3/c1-42(69)61(43(2)70,44(3)71)51(74)13-20-84-24-28-88-32-35-91-31-27-87-23-17-64-59(82)47(39-65-54(77)40-92-41-55(78)66-48-8-5-46(6-9-48)7-10-56(79)67-19-12-57(67)80)37-49(73)15-36-93-50-38-58(81)68(60(50)83)18-11-53(76)63-16-22-86-26-30-90-34-33-89-29-25-85-21-14-52(75)62(45(4)72)94-95-62/h5-6,8-9,47,50H,7,10-41H2,1-4H3,(H,63,76)(H,64,82)(H,65,77)(H,66,78)/t47-,50?/m1/s1. The third-order valence-electron chi connectivity index (χ3n) is 14.7. The first-order valence-corrected chi connectivity index (χ1v) is 34.4. The number of Topliss-reactive ketones (excluding diaryl/α,β-unsaturated/α-hetero) is 7. The minimum atomic E-state index is -2.32. The summed E-state index contributed by atoms with van der Waals surface area (Å²) in [6.07, 6.45) is 0.134. The van der Waals surface area contributed by atoms with Gasteiger partial charge < -0.3 is 63.9 Å². The highest BCUT2D eigenvalue weighted by Crippen LogP contribution is 2.66. The average molecular weight is 1400 g/mol. The summed E-state index contributed by atoms with van der Waals surface area (Å²) in [6, 6.07) is 6.74. The predicted octanol–water partition coefficient (Wildman–Crippen LogP) is 0.383. The molecule has 3 saturated heterocycles. The number of carbonyl (C=O) groups is 15. The van der Waals surface area contributed by atoms with Crippen molar-refractivity contribution in [2.24, 2.45) is 11.3 Å². The molecule has 1 unspecified atom stereocenters. The fourth-order valence-corrected chi connectivity index (χ4v) is 12.7. The molecule has 0 spiro atoms. The summed E-state index contributed by atoms with van der Waals surface area (Å²) in [5.74, 6) is -8.51. The van der Waals surface area contributed by atoms with Crippen LogP contribution in [0.4, 0.5) is 5.69 Å². The van der Waals surface area contributed by atoms with E-state index in [4.69, 9.17) is 42.6 Å². The van der Waals surface area contributed by atoms with Crippen molar-refractivity contribution in [2.45, 2.75) is 94.8 Å². The molecule has 0 radical (unpaired) electrons. The summed E-state index contributed by atoms with van der Waals surface area (Å²) in [5.41, 5.74) is -1.06. The molecule has 4 N–H and O–H groups in total. The van der Waals surface area contributed by atoms with Crippen LogP contribution in [-0.4, -0.2) is 264 Å². The summed E-state index contributed by atoms with van der Waals surface area (Å²) < 4.78 is 48.0. The van der Waals surface area contributed by atoms with Gasteiger partial charge in [0.2, 0.25) is 52.7 Å². The van der Waals surface area contributed by atoms with Gasteiger partial charge in [-0.15, -0.1) is 11.8 Å². The van der Waals surface area contributed by atoms with Gasteiger partial charge in [0.05, 0.1) is 117 Å². The molecular weight excluding hydrogens is 1310 g/mol. The van der Waals surface area contributed by atoms with Crippen molar-refractivity contribution in [1.82, 2.24) is 25.8 Å². The van der Waals surface area contributed by atoms with Gasteiger partial charge in [-0.05, 0) is 51.8 Å². The normalized spacial score (nSPS) is 15.2. The maximum Gasteiger partial charge on any atom is 0.250 e. The summed E-state index contributed by atoms with van der Waals surface area (Å²) in [5, 5.41) is 9.81. The molecule has 0 aromatic heterocycles. The fraction of sp³-hybridized carbons (Fsp3) is 0.661. The fourth-order valence-electron chi connectivity index (χ4n) is 9.35. The number of benzene rings is 1. The number of hydrogen-bond donors (Lipinski definition) is 4. The summed E-state index contributed by atoms with van der Waals surface area (Å²) in [7, 11) is 2.54. The average Bonchev–Trinajstić information content (AvgIpc) is 1.73. The second-order valence-corrected chi connectivity index (χ2v) is 25.9. The molecule has 1 aromatic carbocycles. The van der Waals surface area contributed by atoms with Gasteiger partial charge in [0.15, 0.2) is 38.8 Å². The second-order valence-electron chi connectivity index (χ2n) is 21.8. The molecule has 2 atom stereocenters. The number of hydrogen-bond acceptors (Lipinski definition) is 27. The van der Waals surface area contributed by atoms with E-state index in [9.17, 15) is 71.9 Å². The number of imide groups is 2. The van der Waals surface area contributed by atoms with E-state index in [-0.39, 0.29) is 185 Å². The first kappa shape index (κ1) is 81.2. The van der Waals surface area contributed by atoms with E-state index in [1.54, 1.807) is 24.3 Å². The number of β-lactam (4-membered cyclic amide) rings is 1. The molecule has 4 rings (SSSR count). The first-order valence-electron chi connectivity index (χ1n) is 31.2. The SMILES string of the molecule is CC(=O)C1(C(=O)CCOCCOCCOCCOCCNC(=O)CCN2C(=O)CC(SCCC(=O)C[C@H](CNC(=O)COCC(=O)Nc3ccc(CCC(=O)N4CCC4=O)cc3)C(=O)NCCOCCOCCOCCOCCC(=O)C(C(C)=O)(C(C)=O)C(C)=O)C2=O)SS1. The number of nitrogens with zero attached hydrogens (tertiary/aromatic N) is 2. The van der Waals surface area contributed by atoms with Crippen molar-refractivity contribution in [3.05, 3.63) is 29.8 Å². The molecule has 33 heteroatoms. The Labute approximate surface area is 563 Å². The lowest BCUT2D eigenvalue weighted by molar-refractivity contribution is -0.155. The van der Waals surface area contributed by atoms with Gasteiger partial charge in [0.1, 0.15) is 19.0 Å². The lowest BCUT2D eigenvalue weighted by Gasteiger charge is -2.28. The van der Waals surface area contributed by atoms with Crippen LogP contribution in [0, 0.1) is 11.3 Å². The van der Waals surface area contributed by atoms with E-state index in [0.717, 1.165) is 43.0 Å². The number of ether oxygens (including phenoxy) is 9. The van der Waals surface area contributed by atoms with Crippen molar-refractivity contribution in [2.75, 3.05) is 163 Å². The number of nitrogens with one attached hydrogen (secondary N) is 4. The van der Waals surface area contributed by atoms with Gasteiger partial charge in [-0.2, -0.15) is 0 Å². The molecule has 0 saturated carbocycles. The van der Waals surface area contributed by atoms with Crippen molar-refractivity contribution >= 4 is 127 Å². The molecule has 528 valence electrons. The Hall–Kier alpha value is -6.24. The van der Waals surface area contributed by atoms with Gasteiger partial charge in [-0.3, -0.25) is 81.7 Å². The molecule has 3 aliphatic heterocycles. The predicted molar refractivity (Wildman–Crippen MR) is 343 cm³/mol. The van der Waals surface area contributed by atoms with E-state index in [2.05, 4.69) is 21.3 Å². The first-order chi connectivity index (χ1) is 45.5. The quantitative estimate of drug-likeness (QED) is 0.0171. The number of anilines is 1. The number of carbonyl (C=O) groups excluding carboxylic acids is 15. The Morgan fingerprint density at radius 3 is 1.60 bits per heavy atom. The zero-order chi connectivity index (χ0) is 69.6. The van der Waals surface area contributed by atoms with Crippen molar-refractivity contribution in [3.8, 4) is 0 Å². The van der Waals surface area contributed by atoms with E-state index >= 15 is 0 Å². The van der Waals surface area contributed by atoms with Gasteiger partial charge >= 0.3 is 0 Å². The van der Waals surface area contributed by atoms with Crippen LogP contribution in [0.25, 0.3) is 0 Å². The zero-order valence-electron chi connectivity index (χ0n) is 54.2. The monoisotopic (exact) mass is 1400 g/mol. The number of likely N-dealkylation sites (tertiary alicyclic amines) is 2. The Morgan fingerprint density at radius 2 is 1.09 bits per heavy atom. The van der Waals surface area contributed by atoms with E-state index in [1.807, 2.05) is 0 Å². The smallest absolute Gasteiger partial charge is 0.250 e. The minimum Gasteiger partial charge on any atom is -0.379 e. The zero-order valence-corrected chi connectivity index (χ0v) is 56.7. The van der Waals surface area contributed by atoms with Gasteiger partial charge in [0.25, 0.3) is 0 Å². The van der Waals surface area contributed by atoms with Gasteiger partial charge in [0, 0.05) is 95.5 Å². The molecule has 3 heterocycles. The Balaban J connectivity index is 1.09. The van der Waals surface area contributed by atoms with Crippen LogP contribution in [0.1, 0.15) is 84.6 Å². The molecule has 8 amide bonds. The molecule has 1 aromatic rings. The lowest BCUT2D eigenvalue weighted by Crippen LogP contribution is -2.50. The van der Waals surface area contributed by atoms with Crippen molar-refractivity contribution in [3.63, 3.8) is 0 Å². The largest absolute Gasteiger partial charge is 0.379 e. The van der Waals surface area contributed by atoms with Crippen LogP contribution in [0.2, 0.25) is 0 Å². The van der Waals surface area contributed by atoms with Crippen LogP contribution >= 0.6 is 33.3 Å². The number of ketones is 7. The molecule has 0 bridgehead atoms. The summed E-state index contributed by atoms with van der Waals surface area (Å²) in [6.45, 7) is 6.73. The van der Waals surface area contributed by atoms with Crippen LogP contribution in [0.15, 0.2) is 24.3 Å². The third kappa shape index (κ3) is 29.2. The Bertz CT molecular complexity index is 2770. The molecule has 3 aliphatic rings. The lowest BCUT2D eigenvalue weighted by atomic mass is 9.72. The van der Waals surface area contributed by atoms with Crippen LogP contribution in [0.5, 0.6) is 0 Å². The van der Waals surface area contributed by atoms with E-state index in [0.29, 0.717) is 51.5 Å². The van der Waals surface area contributed by atoms with Gasteiger partial charge in [-0.25, -0.2) is 0 Å². The molecule has 95 heavy (non-hydrogen) atoms. The molecule has 30 nitrogen and oxygen atoms in total. The number of thioether (sulfide) groups is 1. The third-order valence-corrected chi connectivity index (χ3v) is 19.0. The summed E-state index contributed by atoms with van der Waals surface area (Å²) >= 11 is 1.10. The summed E-state index contributed by atoms with van der Waals surface area (Å²) in [4.78, 5) is 190. The number of rotatable bonds is 56. The van der Waals surface area contributed by atoms with Crippen LogP contribution < -0.4 is 21.3 Å². The number of aryl methyl sites for hydroxylation is 1. The van der Waals surface area contributed by atoms with Crippen molar-refractivity contribution < 1.29 is 115 Å². The van der Waals surface area contributed by atoms with Gasteiger partial charge in [-0.1, -0.05) is 33.7 Å². The molecule has 0 aliphatic carbocycles. The van der Waals surface area contributed by atoms with Crippen molar-refractivity contribution in [1.29, 1.82) is 0 Å². The number of amides is 8. The Kier molecular flexibility index (Phi) is 38.1. The highest BCUT2D eigenvalue weighted by molar-refractivity contribution is 8.94.